The van der Waals surface area contributed by atoms with E-state index in [0.717, 1.165) is 5.01 Å². The number of alkyl halides is 1. The minimum absolute atomic E-state index is 0.0521. The summed E-state index contributed by atoms with van der Waals surface area (Å²) >= 11 is 15.4. The first-order chi connectivity index (χ1) is 15.6. The number of nitrogens with zero attached hydrogens (tertiary/aromatic N) is 4. The van der Waals surface area contributed by atoms with Crippen LogP contribution in [0.4, 0.5) is 10.5 Å². The summed E-state index contributed by atoms with van der Waals surface area (Å²) < 4.78 is 1.63. The van der Waals surface area contributed by atoms with E-state index in [9.17, 15) is 14.4 Å². The van der Waals surface area contributed by atoms with Gasteiger partial charge in [-0.25, -0.2) is 19.9 Å². The van der Waals surface area contributed by atoms with E-state index in [1.165, 1.54) is 30.1 Å². The number of hydrogen-bond donors (Lipinski definition) is 3. The number of pyridine rings is 1. The van der Waals surface area contributed by atoms with Crippen LogP contribution in [0, 0.1) is 6.92 Å². The van der Waals surface area contributed by atoms with Gasteiger partial charge in [0.15, 0.2) is 5.82 Å². The van der Waals surface area contributed by atoms with Crippen molar-refractivity contribution in [2.24, 2.45) is 0 Å². The Bertz CT molecular complexity index is 1250. The first-order valence-electron chi connectivity index (χ1n) is 9.27. The van der Waals surface area contributed by atoms with Crippen LogP contribution in [-0.2, 0) is 5.88 Å². The van der Waals surface area contributed by atoms with E-state index >= 15 is 0 Å². The Morgan fingerprint density at radius 3 is 2.64 bits per heavy atom. The molecule has 0 atom stereocenters. The van der Waals surface area contributed by atoms with Crippen molar-refractivity contribution in [1.82, 2.24) is 25.2 Å². The number of anilines is 1. The van der Waals surface area contributed by atoms with Gasteiger partial charge in [0.1, 0.15) is 10.3 Å². The van der Waals surface area contributed by atoms with Crippen molar-refractivity contribution < 1.29 is 19.5 Å². The number of hydrogen-bond acceptors (Lipinski definition) is 5. The van der Waals surface area contributed by atoms with Crippen molar-refractivity contribution in [1.29, 1.82) is 0 Å². The summed E-state index contributed by atoms with van der Waals surface area (Å²) in [5.74, 6) is -0.931. The number of nitrogens with one attached hydrogen (secondary N) is 2. The fourth-order valence-corrected chi connectivity index (χ4v) is 3.77. The van der Waals surface area contributed by atoms with Crippen LogP contribution in [0.15, 0.2) is 41.1 Å². The lowest BCUT2D eigenvalue weighted by molar-refractivity contribution is 0.0706. The minimum atomic E-state index is -1.41. The molecule has 0 aliphatic heterocycles. The average molecular weight is 556 g/mol. The van der Waals surface area contributed by atoms with E-state index < -0.39 is 17.9 Å². The van der Waals surface area contributed by atoms with Gasteiger partial charge in [0, 0.05) is 25.2 Å². The van der Waals surface area contributed by atoms with Crippen LogP contribution in [0.2, 0.25) is 5.02 Å². The number of aromatic nitrogens is 3. The third kappa shape index (κ3) is 5.44. The van der Waals surface area contributed by atoms with Crippen molar-refractivity contribution in [2.45, 2.75) is 12.8 Å². The van der Waals surface area contributed by atoms with Crippen molar-refractivity contribution in [3.63, 3.8) is 0 Å². The number of amides is 3. The van der Waals surface area contributed by atoms with Gasteiger partial charge in [0.05, 0.1) is 16.3 Å². The molecule has 0 spiro atoms. The second-order valence-corrected chi connectivity index (χ2v) is 8.26. The molecule has 0 saturated heterocycles. The maximum atomic E-state index is 13.2. The molecule has 2 aromatic heterocycles. The Morgan fingerprint density at radius 2 is 2.00 bits per heavy atom. The number of hydrazine groups is 1. The predicted octanol–water partition coefficient (Wildman–Crippen LogP) is 4.24. The molecule has 3 N–H and O–H groups in total. The zero-order valence-corrected chi connectivity index (χ0v) is 20.4. The maximum Gasteiger partial charge on any atom is 0.423 e. The molecule has 2 heterocycles. The topological polar surface area (TPSA) is 129 Å². The van der Waals surface area contributed by atoms with Gasteiger partial charge in [0.25, 0.3) is 11.8 Å². The molecule has 13 heteroatoms. The number of carbonyl (C=O) groups excluding carboxylic acids is 2. The van der Waals surface area contributed by atoms with Crippen molar-refractivity contribution in [3.8, 4) is 5.82 Å². The third-order valence-electron chi connectivity index (χ3n) is 4.44. The van der Waals surface area contributed by atoms with Gasteiger partial charge in [-0.15, -0.1) is 11.6 Å². The lowest BCUT2D eigenvalue weighted by Crippen LogP contribution is -2.43. The normalized spacial score (nSPS) is 10.6. The number of carboxylic acid groups (broad SMARTS) is 1. The predicted molar refractivity (Wildman–Crippen MR) is 126 cm³/mol. The Labute approximate surface area is 206 Å². The molecular weight excluding hydrogens is 539 g/mol. The highest BCUT2D eigenvalue weighted by Crippen LogP contribution is 2.27. The summed E-state index contributed by atoms with van der Waals surface area (Å²) in [5.41, 5.74) is 3.47. The smallest absolute Gasteiger partial charge is 0.423 e. The second-order valence-electron chi connectivity index (χ2n) is 6.78. The third-order valence-corrected chi connectivity index (χ3v) is 5.43. The van der Waals surface area contributed by atoms with Gasteiger partial charge in [0.2, 0.25) is 0 Å². The molecule has 3 amide bonds. The number of halogens is 3. The molecule has 172 valence electrons. The van der Waals surface area contributed by atoms with Crippen LogP contribution >= 0.6 is 39.1 Å². The van der Waals surface area contributed by atoms with E-state index in [1.807, 2.05) is 5.43 Å². The first-order valence-corrected chi connectivity index (χ1v) is 11.0. The van der Waals surface area contributed by atoms with Crippen molar-refractivity contribution >= 4 is 62.7 Å². The van der Waals surface area contributed by atoms with Crippen molar-refractivity contribution in [3.05, 3.63) is 68.5 Å². The van der Waals surface area contributed by atoms with Gasteiger partial charge in [-0.3, -0.25) is 14.6 Å². The van der Waals surface area contributed by atoms with E-state index in [1.54, 1.807) is 25.1 Å². The Hall–Kier alpha value is -3.15. The Morgan fingerprint density at radius 1 is 1.27 bits per heavy atom. The number of rotatable bonds is 5. The highest BCUT2D eigenvalue weighted by atomic mass is 79.9. The molecule has 0 aliphatic rings. The quantitative estimate of drug-likeness (QED) is 0.319. The summed E-state index contributed by atoms with van der Waals surface area (Å²) in [6, 6.07) is 7.93. The van der Waals surface area contributed by atoms with E-state index in [-0.39, 0.29) is 33.7 Å². The summed E-state index contributed by atoms with van der Waals surface area (Å²) in [6.45, 7) is 1.69. The Kier molecular flexibility index (Phi) is 7.57. The number of aryl methyl sites for hydroxylation is 1. The molecule has 0 bridgehead atoms. The van der Waals surface area contributed by atoms with Gasteiger partial charge in [-0.2, -0.15) is 5.10 Å². The first kappa shape index (κ1) is 24.5. The SMILES string of the molecule is Cc1cc(CCl)cc(C(=O)N(C)NC(=O)O)c1NC(=O)c1cc(Br)nn1-c1ncccc1Cl. The Balaban J connectivity index is 2.04. The van der Waals surface area contributed by atoms with E-state index in [2.05, 4.69) is 31.3 Å². The summed E-state index contributed by atoms with van der Waals surface area (Å²) in [6.07, 6.45) is 0.0953. The molecule has 0 unspecified atom stereocenters. The molecule has 33 heavy (non-hydrogen) atoms. The molecular formula is C20H17BrCl2N6O4. The van der Waals surface area contributed by atoms with Crippen LogP contribution in [0.5, 0.6) is 0 Å². The maximum absolute atomic E-state index is 13.2. The zero-order chi connectivity index (χ0) is 24.3. The van der Waals surface area contributed by atoms with Gasteiger partial charge >= 0.3 is 6.09 Å². The average Bonchev–Trinajstić information content (AvgIpc) is 3.15. The fraction of sp³-hybridized carbons (Fsp3) is 0.150. The lowest BCUT2D eigenvalue weighted by atomic mass is 10.0. The second kappa shape index (κ2) is 10.2. The minimum Gasteiger partial charge on any atom is -0.464 e. The highest BCUT2D eigenvalue weighted by Gasteiger charge is 2.24. The molecule has 0 saturated carbocycles. The number of benzene rings is 1. The largest absolute Gasteiger partial charge is 0.464 e. The molecule has 0 fully saturated rings. The van der Waals surface area contributed by atoms with Crippen molar-refractivity contribution in [2.75, 3.05) is 12.4 Å². The van der Waals surface area contributed by atoms with Gasteiger partial charge in [-0.1, -0.05) is 17.7 Å². The molecule has 10 nitrogen and oxygen atoms in total. The van der Waals surface area contributed by atoms with E-state index in [0.29, 0.717) is 15.7 Å². The highest BCUT2D eigenvalue weighted by molar-refractivity contribution is 9.10. The van der Waals surface area contributed by atoms with Crippen LogP contribution in [0.1, 0.15) is 32.0 Å². The summed E-state index contributed by atoms with van der Waals surface area (Å²) in [7, 11) is 1.25. The molecule has 0 radical (unpaired) electrons. The molecule has 1 aromatic carbocycles. The van der Waals surface area contributed by atoms with Crippen LogP contribution < -0.4 is 10.7 Å². The van der Waals surface area contributed by atoms with Gasteiger partial charge < -0.3 is 10.4 Å². The van der Waals surface area contributed by atoms with Crippen LogP contribution in [0.3, 0.4) is 0 Å². The monoisotopic (exact) mass is 554 g/mol. The van der Waals surface area contributed by atoms with Crippen LogP contribution in [-0.4, -0.2) is 49.8 Å². The number of carbonyl (C=O) groups is 3. The molecule has 3 rings (SSSR count). The molecule has 0 aliphatic carbocycles. The summed E-state index contributed by atoms with van der Waals surface area (Å²) in [5, 5.41) is 17.0. The van der Waals surface area contributed by atoms with E-state index in [4.69, 9.17) is 28.3 Å². The standard InChI is InChI=1S/C20H17BrCl2N6O4/c1-10-6-11(9-22)7-12(19(31)28(2)27-20(32)33)16(10)25-18(30)14-8-15(21)26-29(14)17-13(23)4-3-5-24-17/h3-8,27H,9H2,1-2H3,(H,25,30)(H,32,33). The van der Waals surface area contributed by atoms with Gasteiger partial charge in [-0.05, 0) is 52.2 Å². The fourth-order valence-electron chi connectivity index (χ4n) is 3.03. The van der Waals surface area contributed by atoms with Crippen LogP contribution in [0.25, 0.3) is 5.82 Å². The summed E-state index contributed by atoms with van der Waals surface area (Å²) in [4.78, 5) is 41.3. The molecule has 3 aromatic rings. The zero-order valence-electron chi connectivity index (χ0n) is 17.3. The lowest BCUT2D eigenvalue weighted by Gasteiger charge is -2.20.